The number of fused-ring (bicyclic) bond motifs is 1. The number of nitrogens with zero attached hydrogens (tertiary/aromatic N) is 4. The van der Waals surface area contributed by atoms with E-state index in [9.17, 15) is 9.18 Å². The SMILES string of the molecule is Cc1cncc2c1c(C[C@H]1CCN([C@H](CCC3OCCO3)C(C)C)C1)cn2-c1ccc(F)cc1C(=O)N(C)C(C)C. The Kier molecular flexibility index (Phi) is 9.12. The quantitative estimate of drug-likeness (QED) is 0.303. The number of rotatable bonds is 10. The summed E-state index contributed by atoms with van der Waals surface area (Å²) in [6.07, 6.45) is 9.97. The molecule has 1 aromatic carbocycles. The van der Waals surface area contributed by atoms with Crippen LogP contribution in [-0.4, -0.2) is 77.0 Å². The van der Waals surface area contributed by atoms with Crippen molar-refractivity contribution in [3.63, 3.8) is 0 Å². The van der Waals surface area contributed by atoms with Gasteiger partial charge in [0.15, 0.2) is 6.29 Å². The first kappa shape index (κ1) is 29.7. The molecule has 2 aliphatic rings. The summed E-state index contributed by atoms with van der Waals surface area (Å²) in [5, 5.41) is 1.18. The first-order chi connectivity index (χ1) is 19.6. The van der Waals surface area contributed by atoms with Crippen LogP contribution in [0.2, 0.25) is 0 Å². The van der Waals surface area contributed by atoms with Gasteiger partial charge in [0.05, 0.1) is 36.2 Å². The van der Waals surface area contributed by atoms with E-state index in [4.69, 9.17) is 9.47 Å². The lowest BCUT2D eigenvalue weighted by Gasteiger charge is -2.32. The number of aryl methyl sites for hydroxylation is 1. The van der Waals surface area contributed by atoms with Gasteiger partial charge in [-0.25, -0.2) is 4.39 Å². The zero-order valence-electron chi connectivity index (χ0n) is 25.4. The van der Waals surface area contributed by atoms with Crippen LogP contribution < -0.4 is 0 Å². The minimum atomic E-state index is -0.419. The third-order valence-corrected chi connectivity index (χ3v) is 8.98. The van der Waals surface area contributed by atoms with Gasteiger partial charge in [-0.15, -0.1) is 0 Å². The van der Waals surface area contributed by atoms with Gasteiger partial charge in [-0.1, -0.05) is 13.8 Å². The van der Waals surface area contributed by atoms with E-state index in [1.165, 1.54) is 23.1 Å². The number of hydrogen-bond acceptors (Lipinski definition) is 5. The fourth-order valence-electron chi connectivity index (χ4n) is 6.57. The molecular formula is C33H45FN4O3. The van der Waals surface area contributed by atoms with Gasteiger partial charge in [-0.3, -0.25) is 14.7 Å². The predicted molar refractivity (Wildman–Crippen MR) is 160 cm³/mol. The van der Waals surface area contributed by atoms with Gasteiger partial charge < -0.3 is 18.9 Å². The molecule has 2 aliphatic heterocycles. The molecule has 2 saturated heterocycles. The molecule has 41 heavy (non-hydrogen) atoms. The van der Waals surface area contributed by atoms with Crippen LogP contribution in [0.3, 0.4) is 0 Å². The highest BCUT2D eigenvalue weighted by molar-refractivity contribution is 5.99. The van der Waals surface area contributed by atoms with Gasteiger partial charge in [0.2, 0.25) is 0 Å². The summed E-state index contributed by atoms with van der Waals surface area (Å²) in [5.74, 6) is 0.474. The molecule has 0 bridgehead atoms. The molecule has 0 radical (unpaired) electrons. The molecule has 1 amide bonds. The van der Waals surface area contributed by atoms with Crippen LogP contribution in [0.1, 0.15) is 68.4 Å². The van der Waals surface area contributed by atoms with E-state index in [0.29, 0.717) is 42.3 Å². The fraction of sp³-hybridized carbons (Fsp3) is 0.576. The van der Waals surface area contributed by atoms with Crippen molar-refractivity contribution in [1.82, 2.24) is 19.4 Å². The summed E-state index contributed by atoms with van der Waals surface area (Å²) >= 11 is 0. The van der Waals surface area contributed by atoms with Crippen LogP contribution in [0.4, 0.5) is 4.39 Å². The van der Waals surface area contributed by atoms with E-state index in [1.807, 2.05) is 30.8 Å². The third kappa shape index (κ3) is 6.35. The maximum Gasteiger partial charge on any atom is 0.256 e. The summed E-state index contributed by atoms with van der Waals surface area (Å²) < 4.78 is 27.9. The summed E-state index contributed by atoms with van der Waals surface area (Å²) in [6, 6.07) is 5.00. The first-order valence-corrected chi connectivity index (χ1v) is 15.1. The molecule has 0 aliphatic carbocycles. The van der Waals surface area contributed by atoms with Gasteiger partial charge in [0.1, 0.15) is 5.82 Å². The summed E-state index contributed by atoms with van der Waals surface area (Å²) in [7, 11) is 1.76. The van der Waals surface area contributed by atoms with E-state index in [2.05, 4.69) is 36.9 Å². The first-order valence-electron chi connectivity index (χ1n) is 15.1. The van der Waals surface area contributed by atoms with Gasteiger partial charge >= 0.3 is 0 Å². The normalized spacial score (nSPS) is 19.2. The average molecular weight is 565 g/mol. The van der Waals surface area contributed by atoms with Crippen LogP contribution in [0.5, 0.6) is 0 Å². The number of hydrogen-bond donors (Lipinski definition) is 0. The molecule has 0 unspecified atom stereocenters. The highest BCUT2D eigenvalue weighted by atomic mass is 19.1. The second kappa shape index (κ2) is 12.6. The molecular weight excluding hydrogens is 519 g/mol. The molecule has 8 heteroatoms. The molecule has 3 aromatic rings. The second-order valence-electron chi connectivity index (χ2n) is 12.5. The summed E-state index contributed by atoms with van der Waals surface area (Å²) in [4.78, 5) is 22.2. The molecule has 2 aromatic heterocycles. The van der Waals surface area contributed by atoms with E-state index >= 15 is 0 Å². The highest BCUT2D eigenvalue weighted by Crippen LogP contribution is 2.34. The molecule has 0 N–H and O–H groups in total. The van der Waals surface area contributed by atoms with Crippen LogP contribution in [0.15, 0.2) is 36.8 Å². The molecule has 2 atom stereocenters. The van der Waals surface area contributed by atoms with Crippen molar-refractivity contribution in [1.29, 1.82) is 0 Å². The molecule has 0 spiro atoms. The van der Waals surface area contributed by atoms with E-state index in [-0.39, 0.29) is 18.2 Å². The highest BCUT2D eigenvalue weighted by Gasteiger charge is 2.32. The van der Waals surface area contributed by atoms with E-state index in [0.717, 1.165) is 49.9 Å². The Morgan fingerprint density at radius 3 is 2.63 bits per heavy atom. The largest absolute Gasteiger partial charge is 0.350 e. The molecule has 5 rings (SSSR count). The van der Waals surface area contributed by atoms with Crippen molar-refractivity contribution in [2.45, 2.75) is 78.7 Å². The number of amides is 1. The van der Waals surface area contributed by atoms with Crippen molar-refractivity contribution in [3.8, 4) is 5.69 Å². The lowest BCUT2D eigenvalue weighted by Crippen LogP contribution is -2.38. The van der Waals surface area contributed by atoms with Gasteiger partial charge in [0, 0.05) is 43.5 Å². The van der Waals surface area contributed by atoms with E-state index in [1.54, 1.807) is 18.0 Å². The lowest BCUT2D eigenvalue weighted by molar-refractivity contribution is -0.0527. The Labute approximate surface area is 243 Å². The van der Waals surface area contributed by atoms with Crippen LogP contribution in [0, 0.1) is 24.6 Å². The Morgan fingerprint density at radius 1 is 1.17 bits per heavy atom. The monoisotopic (exact) mass is 564 g/mol. The number of likely N-dealkylation sites (tertiary alicyclic amines) is 1. The summed E-state index contributed by atoms with van der Waals surface area (Å²) in [6.45, 7) is 14.2. The van der Waals surface area contributed by atoms with Crippen LogP contribution in [0.25, 0.3) is 16.6 Å². The number of benzene rings is 1. The van der Waals surface area contributed by atoms with Crippen molar-refractivity contribution in [3.05, 3.63) is 59.3 Å². The smallest absolute Gasteiger partial charge is 0.256 e. The second-order valence-corrected chi connectivity index (χ2v) is 12.5. The van der Waals surface area contributed by atoms with Crippen molar-refractivity contribution < 1.29 is 18.7 Å². The van der Waals surface area contributed by atoms with Crippen LogP contribution >= 0.6 is 0 Å². The molecule has 4 heterocycles. The molecule has 0 saturated carbocycles. The van der Waals surface area contributed by atoms with Gasteiger partial charge in [-0.05, 0) is 94.2 Å². The van der Waals surface area contributed by atoms with Crippen molar-refractivity contribution in [2.75, 3.05) is 33.4 Å². The molecule has 222 valence electrons. The maximum atomic E-state index is 14.4. The Hall–Kier alpha value is -2.81. The minimum Gasteiger partial charge on any atom is -0.350 e. The third-order valence-electron chi connectivity index (χ3n) is 8.98. The Morgan fingerprint density at radius 2 is 1.93 bits per heavy atom. The molecule has 7 nitrogen and oxygen atoms in total. The van der Waals surface area contributed by atoms with Gasteiger partial charge in [0.25, 0.3) is 5.91 Å². The minimum absolute atomic E-state index is 0.00214. The zero-order valence-corrected chi connectivity index (χ0v) is 25.4. The van der Waals surface area contributed by atoms with Crippen LogP contribution in [-0.2, 0) is 15.9 Å². The number of carbonyl (C=O) groups is 1. The average Bonchev–Trinajstić information content (AvgIpc) is 3.70. The van der Waals surface area contributed by atoms with Gasteiger partial charge in [-0.2, -0.15) is 0 Å². The zero-order chi connectivity index (χ0) is 29.3. The molecule has 2 fully saturated rings. The fourth-order valence-corrected chi connectivity index (χ4v) is 6.57. The van der Waals surface area contributed by atoms with E-state index < -0.39 is 5.82 Å². The Bertz CT molecular complexity index is 1360. The maximum absolute atomic E-state index is 14.4. The van der Waals surface area contributed by atoms with Crippen molar-refractivity contribution in [2.24, 2.45) is 11.8 Å². The number of carbonyl (C=O) groups excluding carboxylic acids is 1. The summed E-state index contributed by atoms with van der Waals surface area (Å²) in [5.41, 5.74) is 4.34. The standard InChI is InChI=1S/C33H45FN4O3/c1-21(2)28(9-10-31-40-13-14-41-31)37-12-11-24(19-37)15-25-20-38(30-18-35-17-23(5)32(25)30)29-8-7-26(34)16-27(29)33(39)36(6)22(3)4/h7-8,16-18,20-22,24,28,31H,9-15,19H2,1-6H3/t24-,28-/m1/s1. The predicted octanol–water partition coefficient (Wildman–Crippen LogP) is 6.00. The van der Waals surface area contributed by atoms with Crippen molar-refractivity contribution >= 4 is 16.8 Å². The topological polar surface area (TPSA) is 59.8 Å². The lowest BCUT2D eigenvalue weighted by atomic mass is 9.96. The number of pyridine rings is 1. The number of ether oxygens (including phenoxy) is 2. The Balaban J connectivity index is 1.41. The number of halogens is 1. The number of aromatic nitrogens is 2.